The Morgan fingerprint density at radius 1 is 1.29 bits per heavy atom. The minimum absolute atomic E-state index is 0.0281. The van der Waals surface area contributed by atoms with Crippen molar-refractivity contribution in [2.45, 2.75) is 38.6 Å². The minimum Gasteiger partial charge on any atom is -0.324 e. The smallest absolute Gasteiger partial charge is 0.126 e. The van der Waals surface area contributed by atoms with Crippen LogP contribution in [0.2, 0.25) is 0 Å². The molecule has 0 aliphatic heterocycles. The fourth-order valence-electron chi connectivity index (χ4n) is 3.80. The molecule has 2 heteroatoms. The highest BCUT2D eigenvalue weighted by molar-refractivity contribution is 5.26. The van der Waals surface area contributed by atoms with Crippen LogP contribution in [0.3, 0.4) is 0 Å². The van der Waals surface area contributed by atoms with Crippen molar-refractivity contribution in [3.05, 3.63) is 35.1 Å². The molecule has 2 bridgehead atoms. The first-order valence-corrected chi connectivity index (χ1v) is 6.67. The van der Waals surface area contributed by atoms with Crippen LogP contribution in [-0.4, -0.2) is 0 Å². The molecule has 2 fully saturated rings. The van der Waals surface area contributed by atoms with Crippen LogP contribution in [0.25, 0.3) is 0 Å². The Morgan fingerprint density at radius 3 is 2.71 bits per heavy atom. The third-order valence-electron chi connectivity index (χ3n) is 4.83. The lowest BCUT2D eigenvalue weighted by molar-refractivity contribution is 0.284. The fourth-order valence-corrected chi connectivity index (χ4v) is 3.80. The van der Waals surface area contributed by atoms with Crippen molar-refractivity contribution in [2.24, 2.45) is 23.5 Å². The van der Waals surface area contributed by atoms with Gasteiger partial charge in [0, 0.05) is 6.04 Å². The molecular weight excluding hydrogens is 213 g/mol. The molecule has 0 radical (unpaired) electrons. The molecule has 2 N–H and O–H groups in total. The quantitative estimate of drug-likeness (QED) is 0.830. The van der Waals surface area contributed by atoms with Crippen LogP contribution in [0.1, 0.15) is 42.9 Å². The Labute approximate surface area is 102 Å². The Balaban J connectivity index is 1.81. The molecular formula is C15H20FN. The minimum atomic E-state index is -0.124. The third kappa shape index (κ3) is 1.89. The lowest BCUT2D eigenvalue weighted by Crippen LogP contribution is -2.26. The van der Waals surface area contributed by atoms with Crippen molar-refractivity contribution in [1.29, 1.82) is 0 Å². The maximum Gasteiger partial charge on any atom is 0.126 e. The normalized spacial score (nSPS) is 33.0. The van der Waals surface area contributed by atoms with E-state index in [2.05, 4.69) is 0 Å². The largest absolute Gasteiger partial charge is 0.324 e. The van der Waals surface area contributed by atoms with E-state index in [1.54, 1.807) is 13.0 Å². The SMILES string of the molecule is Cc1ccc(C(N)C2CC3CCC2C3)cc1F. The summed E-state index contributed by atoms with van der Waals surface area (Å²) in [4.78, 5) is 0. The van der Waals surface area contributed by atoms with Crippen LogP contribution in [0.15, 0.2) is 18.2 Å². The van der Waals surface area contributed by atoms with Gasteiger partial charge in [0.25, 0.3) is 0 Å². The number of hydrogen-bond donors (Lipinski definition) is 1. The van der Waals surface area contributed by atoms with Gasteiger partial charge in [-0.2, -0.15) is 0 Å². The van der Waals surface area contributed by atoms with E-state index in [1.807, 2.05) is 12.1 Å². The summed E-state index contributed by atoms with van der Waals surface area (Å²) in [6.45, 7) is 1.79. The molecule has 2 aliphatic carbocycles. The predicted molar refractivity (Wildman–Crippen MR) is 67.0 cm³/mol. The summed E-state index contributed by atoms with van der Waals surface area (Å²) in [6.07, 6.45) is 5.32. The molecule has 2 saturated carbocycles. The van der Waals surface area contributed by atoms with Crippen molar-refractivity contribution in [1.82, 2.24) is 0 Å². The molecule has 3 rings (SSSR count). The number of nitrogens with two attached hydrogens (primary N) is 1. The fraction of sp³-hybridized carbons (Fsp3) is 0.600. The van der Waals surface area contributed by atoms with Crippen molar-refractivity contribution in [3.8, 4) is 0 Å². The summed E-state index contributed by atoms with van der Waals surface area (Å²) in [6, 6.07) is 5.50. The average Bonchev–Trinajstić information content (AvgIpc) is 2.93. The van der Waals surface area contributed by atoms with Crippen molar-refractivity contribution in [2.75, 3.05) is 0 Å². The summed E-state index contributed by atoms with van der Waals surface area (Å²) in [5.74, 6) is 2.14. The standard InChI is InChI=1S/C15H20FN/c1-9-2-4-12(8-14(9)16)15(17)13-7-10-3-5-11(13)6-10/h2,4,8,10-11,13,15H,3,5-7,17H2,1H3. The number of aryl methyl sites for hydroxylation is 1. The topological polar surface area (TPSA) is 26.0 Å². The lowest BCUT2D eigenvalue weighted by Gasteiger charge is -2.28. The molecule has 4 unspecified atom stereocenters. The van der Waals surface area contributed by atoms with E-state index in [-0.39, 0.29) is 11.9 Å². The van der Waals surface area contributed by atoms with Gasteiger partial charge < -0.3 is 5.73 Å². The zero-order chi connectivity index (χ0) is 12.0. The summed E-state index contributed by atoms with van der Waals surface area (Å²) in [5, 5.41) is 0. The first kappa shape index (κ1) is 11.2. The molecule has 1 aromatic rings. The number of fused-ring (bicyclic) bond motifs is 2. The van der Waals surface area contributed by atoms with Gasteiger partial charge in [-0.3, -0.25) is 0 Å². The van der Waals surface area contributed by atoms with Crippen LogP contribution < -0.4 is 5.73 Å². The molecule has 92 valence electrons. The summed E-state index contributed by atoms with van der Waals surface area (Å²) < 4.78 is 13.6. The van der Waals surface area contributed by atoms with E-state index in [0.717, 1.165) is 17.4 Å². The van der Waals surface area contributed by atoms with Gasteiger partial charge in [-0.15, -0.1) is 0 Å². The van der Waals surface area contributed by atoms with Gasteiger partial charge in [-0.25, -0.2) is 4.39 Å². The Bertz CT molecular complexity index is 429. The van der Waals surface area contributed by atoms with Gasteiger partial charge >= 0.3 is 0 Å². The number of halogens is 1. The monoisotopic (exact) mass is 233 g/mol. The van der Waals surface area contributed by atoms with E-state index in [4.69, 9.17) is 5.73 Å². The second kappa shape index (κ2) is 4.09. The van der Waals surface area contributed by atoms with Gasteiger partial charge in [0.1, 0.15) is 5.82 Å². The van der Waals surface area contributed by atoms with Crippen molar-refractivity contribution >= 4 is 0 Å². The zero-order valence-electron chi connectivity index (χ0n) is 10.3. The average molecular weight is 233 g/mol. The molecule has 4 atom stereocenters. The Morgan fingerprint density at radius 2 is 2.12 bits per heavy atom. The Hall–Kier alpha value is -0.890. The van der Waals surface area contributed by atoms with Gasteiger partial charge in [0.05, 0.1) is 0 Å². The summed E-state index contributed by atoms with van der Waals surface area (Å²) >= 11 is 0. The van der Waals surface area contributed by atoms with Crippen LogP contribution in [0.5, 0.6) is 0 Å². The van der Waals surface area contributed by atoms with Gasteiger partial charge in [0.15, 0.2) is 0 Å². The van der Waals surface area contributed by atoms with Crippen molar-refractivity contribution in [3.63, 3.8) is 0 Å². The van der Waals surface area contributed by atoms with Gasteiger partial charge in [-0.05, 0) is 61.1 Å². The maximum absolute atomic E-state index is 13.6. The highest BCUT2D eigenvalue weighted by Crippen LogP contribution is 2.51. The highest BCUT2D eigenvalue weighted by Gasteiger charge is 2.42. The Kier molecular flexibility index (Phi) is 2.70. The molecule has 1 nitrogen and oxygen atoms in total. The molecule has 2 aliphatic rings. The predicted octanol–water partition coefficient (Wildman–Crippen LogP) is 3.57. The third-order valence-corrected chi connectivity index (χ3v) is 4.83. The molecule has 0 amide bonds. The summed E-state index contributed by atoms with van der Waals surface area (Å²) in [5.41, 5.74) is 8.02. The van der Waals surface area contributed by atoms with Gasteiger partial charge in [-0.1, -0.05) is 18.6 Å². The summed E-state index contributed by atoms with van der Waals surface area (Å²) in [7, 11) is 0. The molecule has 0 saturated heterocycles. The second-order valence-electron chi connectivity index (χ2n) is 5.87. The molecule has 0 heterocycles. The molecule has 1 aromatic carbocycles. The van der Waals surface area contributed by atoms with E-state index >= 15 is 0 Å². The van der Waals surface area contributed by atoms with E-state index in [1.165, 1.54) is 25.7 Å². The number of rotatable bonds is 2. The van der Waals surface area contributed by atoms with Crippen LogP contribution >= 0.6 is 0 Å². The first-order valence-electron chi connectivity index (χ1n) is 6.67. The molecule has 0 aromatic heterocycles. The van der Waals surface area contributed by atoms with Crippen LogP contribution in [0, 0.1) is 30.5 Å². The van der Waals surface area contributed by atoms with Gasteiger partial charge in [0.2, 0.25) is 0 Å². The van der Waals surface area contributed by atoms with Crippen molar-refractivity contribution < 1.29 is 4.39 Å². The number of hydrogen-bond acceptors (Lipinski definition) is 1. The molecule has 0 spiro atoms. The zero-order valence-corrected chi connectivity index (χ0v) is 10.3. The highest BCUT2D eigenvalue weighted by atomic mass is 19.1. The lowest BCUT2D eigenvalue weighted by atomic mass is 9.81. The number of benzene rings is 1. The van der Waals surface area contributed by atoms with Crippen LogP contribution in [0.4, 0.5) is 4.39 Å². The first-order chi connectivity index (χ1) is 8.15. The van der Waals surface area contributed by atoms with E-state index < -0.39 is 0 Å². The van der Waals surface area contributed by atoms with E-state index in [0.29, 0.717) is 11.5 Å². The molecule has 17 heavy (non-hydrogen) atoms. The van der Waals surface area contributed by atoms with Crippen LogP contribution in [-0.2, 0) is 0 Å². The second-order valence-corrected chi connectivity index (χ2v) is 5.87. The van der Waals surface area contributed by atoms with E-state index in [9.17, 15) is 4.39 Å². The maximum atomic E-state index is 13.6.